The number of nitrogens with zero attached hydrogens (tertiary/aromatic N) is 1. The Balaban J connectivity index is 1.31. The van der Waals surface area contributed by atoms with Crippen LogP contribution in [0.25, 0.3) is 21.5 Å². The van der Waals surface area contributed by atoms with Gasteiger partial charge in [-0.25, -0.2) is 4.98 Å². The lowest BCUT2D eigenvalue weighted by Crippen LogP contribution is -2.30. The Labute approximate surface area is 186 Å². The number of hydrogen-bond donors (Lipinski definition) is 2. The van der Waals surface area contributed by atoms with Gasteiger partial charge in [0.1, 0.15) is 5.01 Å². The summed E-state index contributed by atoms with van der Waals surface area (Å²) in [6.45, 7) is 0.558. The van der Waals surface area contributed by atoms with Gasteiger partial charge in [0.15, 0.2) is 0 Å². The van der Waals surface area contributed by atoms with Crippen molar-refractivity contribution in [1.82, 2.24) is 15.3 Å². The highest BCUT2D eigenvalue weighted by Crippen LogP contribution is 2.33. The van der Waals surface area contributed by atoms with E-state index in [-0.39, 0.29) is 11.8 Å². The predicted molar refractivity (Wildman–Crippen MR) is 127 cm³/mol. The molecule has 30 heavy (non-hydrogen) atoms. The van der Waals surface area contributed by atoms with Crippen LogP contribution in [0.4, 0.5) is 0 Å². The zero-order chi connectivity index (χ0) is 20.3. The zero-order valence-corrected chi connectivity index (χ0v) is 18.4. The lowest BCUT2D eigenvalue weighted by molar-refractivity contribution is -0.120. The number of benzene rings is 1. The summed E-state index contributed by atoms with van der Waals surface area (Å²) in [7, 11) is 0. The Kier molecular flexibility index (Phi) is 5.48. The first-order valence-electron chi connectivity index (χ1n) is 9.61. The largest absolute Gasteiger partial charge is 0.361 e. The number of aromatic amines is 1. The molecular formula is C23H19N3OS3. The molecule has 2 N–H and O–H groups in total. The van der Waals surface area contributed by atoms with Gasteiger partial charge in [0.2, 0.25) is 5.91 Å². The summed E-state index contributed by atoms with van der Waals surface area (Å²) in [6, 6.07) is 14.5. The molecule has 1 atom stereocenters. The van der Waals surface area contributed by atoms with E-state index in [1.165, 1.54) is 15.8 Å². The van der Waals surface area contributed by atoms with Crippen molar-refractivity contribution in [2.24, 2.45) is 0 Å². The number of nitrogens with one attached hydrogen (secondary N) is 2. The van der Waals surface area contributed by atoms with E-state index < -0.39 is 0 Å². The average Bonchev–Trinajstić information content (AvgIpc) is 3.54. The number of thiazole rings is 1. The maximum Gasteiger partial charge on any atom is 0.226 e. The van der Waals surface area contributed by atoms with Crippen LogP contribution in [-0.2, 0) is 11.2 Å². The van der Waals surface area contributed by atoms with E-state index in [4.69, 9.17) is 0 Å². The Morgan fingerprint density at radius 1 is 1.07 bits per heavy atom. The molecule has 0 bridgehead atoms. The molecule has 0 aliphatic rings. The number of aromatic nitrogens is 2. The van der Waals surface area contributed by atoms with E-state index in [0.717, 1.165) is 21.8 Å². The van der Waals surface area contributed by atoms with Crippen molar-refractivity contribution < 1.29 is 4.79 Å². The van der Waals surface area contributed by atoms with Gasteiger partial charge in [0, 0.05) is 50.8 Å². The van der Waals surface area contributed by atoms with Crippen LogP contribution < -0.4 is 5.32 Å². The lowest BCUT2D eigenvalue weighted by Gasteiger charge is -2.16. The summed E-state index contributed by atoms with van der Waals surface area (Å²) in [6.07, 6.45) is 2.36. The molecule has 4 heterocycles. The summed E-state index contributed by atoms with van der Waals surface area (Å²) in [5, 5.41) is 13.5. The second-order valence-corrected chi connectivity index (χ2v) is 9.61. The van der Waals surface area contributed by atoms with Crippen LogP contribution in [0.5, 0.6) is 0 Å². The minimum Gasteiger partial charge on any atom is -0.361 e. The van der Waals surface area contributed by atoms with E-state index in [2.05, 4.69) is 68.6 Å². The van der Waals surface area contributed by atoms with Crippen molar-refractivity contribution in [2.45, 2.75) is 12.3 Å². The van der Waals surface area contributed by atoms with Crippen LogP contribution in [0.2, 0.25) is 0 Å². The number of hydrogen-bond acceptors (Lipinski definition) is 5. The Morgan fingerprint density at radius 3 is 2.83 bits per heavy atom. The van der Waals surface area contributed by atoms with E-state index in [9.17, 15) is 4.79 Å². The van der Waals surface area contributed by atoms with Gasteiger partial charge < -0.3 is 10.3 Å². The number of H-pyrrole nitrogens is 1. The highest BCUT2D eigenvalue weighted by Gasteiger charge is 2.20. The van der Waals surface area contributed by atoms with Crippen LogP contribution in [0.1, 0.15) is 22.1 Å². The molecule has 0 saturated carbocycles. The van der Waals surface area contributed by atoms with Crippen molar-refractivity contribution in [3.8, 4) is 10.6 Å². The molecule has 150 valence electrons. The number of carbonyl (C=O) groups excluding carboxylic acids is 1. The minimum atomic E-state index is -0.00133. The fourth-order valence-corrected chi connectivity index (χ4v) is 5.96. The third-order valence-electron chi connectivity index (χ3n) is 5.05. The Morgan fingerprint density at radius 2 is 2.00 bits per heavy atom. The first-order valence-corrected chi connectivity index (χ1v) is 12.3. The lowest BCUT2D eigenvalue weighted by atomic mass is 9.96. The normalized spacial score (nSPS) is 12.3. The minimum absolute atomic E-state index is 0.00133. The number of para-hydroxylation sites is 1. The van der Waals surface area contributed by atoms with E-state index in [1.54, 1.807) is 34.0 Å². The van der Waals surface area contributed by atoms with Crippen LogP contribution in [0.15, 0.2) is 70.2 Å². The van der Waals surface area contributed by atoms with Gasteiger partial charge in [-0.15, -0.1) is 22.7 Å². The fourth-order valence-electron chi connectivity index (χ4n) is 3.59. The summed E-state index contributed by atoms with van der Waals surface area (Å²) in [5.41, 5.74) is 4.26. The third kappa shape index (κ3) is 3.96. The van der Waals surface area contributed by atoms with Gasteiger partial charge >= 0.3 is 0 Å². The molecular weight excluding hydrogens is 430 g/mol. The molecule has 0 radical (unpaired) electrons. The van der Waals surface area contributed by atoms with E-state index in [0.29, 0.717) is 13.0 Å². The first-order chi connectivity index (χ1) is 14.8. The van der Waals surface area contributed by atoms with Crippen molar-refractivity contribution >= 4 is 50.8 Å². The highest BCUT2D eigenvalue weighted by atomic mass is 32.1. The van der Waals surface area contributed by atoms with Gasteiger partial charge in [-0.2, -0.15) is 11.3 Å². The Bertz CT molecular complexity index is 1250. The van der Waals surface area contributed by atoms with Crippen LogP contribution in [-0.4, -0.2) is 22.4 Å². The second-order valence-electron chi connectivity index (χ2n) is 6.99. The quantitative estimate of drug-likeness (QED) is 0.325. The smallest absolute Gasteiger partial charge is 0.226 e. The number of carbonyl (C=O) groups is 1. The highest BCUT2D eigenvalue weighted by molar-refractivity contribution is 7.14. The summed E-state index contributed by atoms with van der Waals surface area (Å²) in [4.78, 5) is 21.9. The van der Waals surface area contributed by atoms with Gasteiger partial charge in [-0.1, -0.05) is 24.3 Å². The van der Waals surface area contributed by atoms with E-state index >= 15 is 0 Å². The summed E-state index contributed by atoms with van der Waals surface area (Å²) < 4.78 is 0. The van der Waals surface area contributed by atoms with Crippen molar-refractivity contribution in [3.63, 3.8) is 0 Å². The van der Waals surface area contributed by atoms with Crippen molar-refractivity contribution in [3.05, 3.63) is 86.3 Å². The zero-order valence-electron chi connectivity index (χ0n) is 16.0. The average molecular weight is 450 g/mol. The molecule has 5 aromatic rings. The number of fused-ring (bicyclic) bond motifs is 1. The second kappa shape index (κ2) is 8.55. The summed E-state index contributed by atoms with van der Waals surface area (Å²) >= 11 is 4.96. The molecule has 4 aromatic heterocycles. The molecule has 1 aromatic carbocycles. The van der Waals surface area contributed by atoms with Gasteiger partial charge in [-0.3, -0.25) is 4.79 Å². The molecule has 0 aliphatic carbocycles. The Hall–Kier alpha value is -2.74. The van der Waals surface area contributed by atoms with Gasteiger partial charge in [0.05, 0.1) is 12.1 Å². The molecule has 7 heteroatoms. The van der Waals surface area contributed by atoms with Crippen LogP contribution >= 0.6 is 34.0 Å². The molecule has 0 aliphatic heterocycles. The molecule has 4 nitrogen and oxygen atoms in total. The fraction of sp³-hybridized carbons (Fsp3) is 0.130. The summed E-state index contributed by atoms with van der Waals surface area (Å²) in [5.74, 6) is 0.112. The predicted octanol–water partition coefficient (Wildman–Crippen LogP) is 5.91. The molecule has 5 rings (SSSR count). The molecule has 0 saturated heterocycles. The van der Waals surface area contributed by atoms with Crippen LogP contribution in [0.3, 0.4) is 0 Å². The van der Waals surface area contributed by atoms with Gasteiger partial charge in [-0.05, 0) is 34.5 Å². The number of rotatable bonds is 7. The SMILES string of the molecule is O=C(Cc1csc(-c2ccsc2)n1)NCC(c1cccs1)c1c[nH]c2ccccc12. The van der Waals surface area contributed by atoms with E-state index in [1.807, 2.05) is 16.8 Å². The number of thiophene rings is 2. The number of amides is 1. The maximum absolute atomic E-state index is 12.7. The molecule has 1 unspecified atom stereocenters. The molecule has 0 fully saturated rings. The standard InChI is InChI=1S/C23H19N3OS3/c27-22(10-16-14-30-23(26-16)15-7-9-28-13-15)25-12-19(21-6-3-8-29-21)18-11-24-20-5-2-1-4-17(18)20/h1-9,11,13-14,19,24H,10,12H2,(H,25,27). The van der Waals surface area contributed by atoms with Crippen molar-refractivity contribution in [2.75, 3.05) is 6.54 Å². The monoisotopic (exact) mass is 449 g/mol. The van der Waals surface area contributed by atoms with Crippen molar-refractivity contribution in [1.29, 1.82) is 0 Å². The topological polar surface area (TPSA) is 57.8 Å². The molecule has 1 amide bonds. The van der Waals surface area contributed by atoms with Gasteiger partial charge in [0.25, 0.3) is 0 Å². The maximum atomic E-state index is 12.7. The third-order valence-corrected chi connectivity index (χ3v) is 7.66. The molecule has 0 spiro atoms. The van der Waals surface area contributed by atoms with Crippen LogP contribution in [0, 0.1) is 0 Å². The first kappa shape index (κ1) is 19.2.